The second-order valence-corrected chi connectivity index (χ2v) is 5.55. The van der Waals surface area contributed by atoms with Crippen molar-refractivity contribution in [1.29, 1.82) is 0 Å². The molecule has 0 aromatic heterocycles. The van der Waals surface area contributed by atoms with E-state index in [0.717, 1.165) is 0 Å². The molecule has 8 heteroatoms. The number of carbonyl (C=O) groups is 1. The molecule has 3 rings (SSSR count). The number of aliphatic carboxylic acids is 1. The van der Waals surface area contributed by atoms with Crippen molar-refractivity contribution in [2.45, 2.75) is 0 Å². The molecule has 25 heavy (non-hydrogen) atoms. The van der Waals surface area contributed by atoms with Gasteiger partial charge in [0.2, 0.25) is 5.71 Å². The third-order valence-corrected chi connectivity index (χ3v) is 3.80. The SMILES string of the molecule is O=C(O)/C(=N\O)C1=Nc2ccc(Cl)cc2C(c2ccccc2F)=NC1. The van der Waals surface area contributed by atoms with Gasteiger partial charge in [0.05, 0.1) is 23.7 Å². The van der Waals surface area contributed by atoms with E-state index in [0.29, 0.717) is 16.3 Å². The Hall–Kier alpha value is -3.06. The van der Waals surface area contributed by atoms with E-state index in [-0.39, 0.29) is 23.5 Å². The summed E-state index contributed by atoms with van der Waals surface area (Å²) in [5.74, 6) is -1.92. The molecule has 0 aliphatic carbocycles. The second-order valence-electron chi connectivity index (χ2n) is 5.12. The molecular weight excluding hydrogens is 349 g/mol. The third-order valence-electron chi connectivity index (χ3n) is 3.56. The molecule has 2 aromatic carbocycles. The highest BCUT2D eigenvalue weighted by Crippen LogP contribution is 2.29. The van der Waals surface area contributed by atoms with Crippen LogP contribution in [0.4, 0.5) is 10.1 Å². The number of carboxylic acids is 1. The zero-order valence-electron chi connectivity index (χ0n) is 12.6. The summed E-state index contributed by atoms with van der Waals surface area (Å²) in [4.78, 5) is 19.7. The summed E-state index contributed by atoms with van der Waals surface area (Å²) in [6.45, 7) is -0.193. The van der Waals surface area contributed by atoms with Crippen molar-refractivity contribution in [2.24, 2.45) is 15.1 Å². The number of carboxylic acid groups (broad SMARTS) is 1. The highest BCUT2D eigenvalue weighted by Gasteiger charge is 2.24. The lowest BCUT2D eigenvalue weighted by Gasteiger charge is -2.09. The summed E-state index contributed by atoms with van der Waals surface area (Å²) in [5.41, 5.74) is 0.651. The molecule has 1 aliphatic rings. The van der Waals surface area contributed by atoms with Crippen LogP contribution in [0.3, 0.4) is 0 Å². The first-order valence-corrected chi connectivity index (χ1v) is 7.51. The van der Waals surface area contributed by atoms with E-state index in [1.807, 2.05) is 0 Å². The van der Waals surface area contributed by atoms with Crippen LogP contribution in [0.15, 0.2) is 57.6 Å². The Morgan fingerprint density at radius 1 is 1.20 bits per heavy atom. The Kier molecular flexibility index (Phi) is 4.58. The van der Waals surface area contributed by atoms with Crippen LogP contribution in [0.2, 0.25) is 5.02 Å². The summed E-state index contributed by atoms with van der Waals surface area (Å²) in [6.07, 6.45) is 0. The standard InChI is InChI=1S/C17H11ClFN3O3/c18-9-5-6-13-11(7-9)15(10-3-1-2-4-12(10)19)20-8-14(21-13)16(22-25)17(23)24/h1-7,25H,8H2,(H,23,24)/b22-16-. The van der Waals surface area contributed by atoms with Crippen LogP contribution in [-0.4, -0.2) is 40.0 Å². The molecule has 6 nitrogen and oxygen atoms in total. The lowest BCUT2D eigenvalue weighted by Crippen LogP contribution is -2.26. The van der Waals surface area contributed by atoms with Gasteiger partial charge in [0.1, 0.15) is 5.82 Å². The molecular formula is C17H11ClFN3O3. The fourth-order valence-electron chi connectivity index (χ4n) is 2.45. The van der Waals surface area contributed by atoms with Crippen molar-refractivity contribution in [3.63, 3.8) is 0 Å². The molecule has 0 atom stereocenters. The maximum atomic E-state index is 14.2. The molecule has 0 amide bonds. The summed E-state index contributed by atoms with van der Waals surface area (Å²) in [6, 6.07) is 10.8. The average molecular weight is 360 g/mol. The number of hydrogen-bond donors (Lipinski definition) is 2. The summed E-state index contributed by atoms with van der Waals surface area (Å²) >= 11 is 6.04. The number of hydrogen-bond acceptors (Lipinski definition) is 5. The van der Waals surface area contributed by atoms with Crippen LogP contribution in [0, 0.1) is 5.82 Å². The van der Waals surface area contributed by atoms with Crippen LogP contribution >= 0.6 is 11.6 Å². The normalized spacial score (nSPS) is 14.2. The number of aliphatic imine (C=N–C) groups is 2. The van der Waals surface area contributed by atoms with Crippen molar-refractivity contribution < 1.29 is 19.5 Å². The van der Waals surface area contributed by atoms with Gasteiger partial charge in [0.15, 0.2) is 0 Å². The molecule has 0 bridgehead atoms. The number of fused-ring (bicyclic) bond motifs is 1. The van der Waals surface area contributed by atoms with E-state index in [1.165, 1.54) is 6.07 Å². The van der Waals surface area contributed by atoms with Crippen LogP contribution < -0.4 is 0 Å². The van der Waals surface area contributed by atoms with Crippen molar-refractivity contribution in [3.8, 4) is 0 Å². The van der Waals surface area contributed by atoms with Gasteiger partial charge in [-0.15, -0.1) is 0 Å². The lowest BCUT2D eigenvalue weighted by atomic mass is 10.0. The van der Waals surface area contributed by atoms with Crippen LogP contribution in [0.5, 0.6) is 0 Å². The zero-order valence-corrected chi connectivity index (χ0v) is 13.4. The van der Waals surface area contributed by atoms with E-state index in [9.17, 15) is 9.18 Å². The van der Waals surface area contributed by atoms with Crippen molar-refractivity contribution in [3.05, 3.63) is 64.4 Å². The monoisotopic (exact) mass is 359 g/mol. The predicted molar refractivity (Wildman–Crippen MR) is 92.3 cm³/mol. The van der Waals surface area contributed by atoms with Gasteiger partial charge in [-0.2, -0.15) is 0 Å². The molecule has 1 heterocycles. The van der Waals surface area contributed by atoms with Crippen molar-refractivity contribution in [1.82, 2.24) is 0 Å². The van der Waals surface area contributed by atoms with Crippen molar-refractivity contribution >= 4 is 40.4 Å². The van der Waals surface area contributed by atoms with Gasteiger partial charge in [0.25, 0.3) is 0 Å². The Morgan fingerprint density at radius 3 is 2.64 bits per heavy atom. The maximum absolute atomic E-state index is 14.2. The second kappa shape index (κ2) is 6.82. The summed E-state index contributed by atoms with van der Waals surface area (Å²) in [5, 5.41) is 21.3. The van der Waals surface area contributed by atoms with E-state index in [1.54, 1.807) is 36.4 Å². The lowest BCUT2D eigenvalue weighted by molar-refractivity contribution is -0.129. The Bertz CT molecular complexity index is 954. The Balaban J connectivity index is 2.22. The van der Waals surface area contributed by atoms with E-state index < -0.39 is 17.5 Å². The van der Waals surface area contributed by atoms with Crippen molar-refractivity contribution in [2.75, 3.05) is 6.54 Å². The minimum Gasteiger partial charge on any atom is -0.476 e. The molecule has 126 valence electrons. The number of benzene rings is 2. The van der Waals surface area contributed by atoms with E-state index in [2.05, 4.69) is 15.1 Å². The smallest absolute Gasteiger partial charge is 0.359 e. The van der Waals surface area contributed by atoms with Gasteiger partial charge in [0, 0.05) is 16.1 Å². The molecule has 2 aromatic rings. The molecule has 0 saturated carbocycles. The number of oxime groups is 1. The molecule has 1 aliphatic heterocycles. The highest BCUT2D eigenvalue weighted by molar-refractivity contribution is 6.66. The Labute approximate surface area is 146 Å². The summed E-state index contributed by atoms with van der Waals surface area (Å²) in [7, 11) is 0. The topological polar surface area (TPSA) is 94.6 Å². The van der Waals surface area contributed by atoms with Gasteiger partial charge in [-0.3, -0.25) is 4.99 Å². The fraction of sp³-hybridized carbons (Fsp3) is 0.0588. The van der Waals surface area contributed by atoms with E-state index in [4.69, 9.17) is 21.9 Å². The van der Waals surface area contributed by atoms with Crippen LogP contribution in [-0.2, 0) is 4.79 Å². The summed E-state index contributed by atoms with van der Waals surface area (Å²) < 4.78 is 14.2. The minimum absolute atomic E-state index is 0.0510. The molecule has 0 fully saturated rings. The van der Waals surface area contributed by atoms with Gasteiger partial charge >= 0.3 is 5.97 Å². The fourth-order valence-corrected chi connectivity index (χ4v) is 2.62. The molecule has 0 radical (unpaired) electrons. The highest BCUT2D eigenvalue weighted by atomic mass is 35.5. The van der Waals surface area contributed by atoms with Crippen LogP contribution in [0.25, 0.3) is 0 Å². The number of halogens is 2. The predicted octanol–water partition coefficient (Wildman–Crippen LogP) is 3.32. The number of rotatable bonds is 3. The molecule has 2 N–H and O–H groups in total. The first-order valence-electron chi connectivity index (χ1n) is 7.14. The maximum Gasteiger partial charge on any atom is 0.359 e. The largest absolute Gasteiger partial charge is 0.476 e. The third kappa shape index (κ3) is 3.27. The van der Waals surface area contributed by atoms with Gasteiger partial charge in [-0.1, -0.05) is 28.9 Å². The van der Waals surface area contributed by atoms with Gasteiger partial charge in [-0.25, -0.2) is 14.2 Å². The quantitative estimate of drug-likeness (QED) is 0.500. The molecule has 0 saturated heterocycles. The molecule has 0 unspecified atom stereocenters. The average Bonchev–Trinajstić information content (AvgIpc) is 2.75. The zero-order chi connectivity index (χ0) is 18.0. The Morgan fingerprint density at radius 2 is 1.96 bits per heavy atom. The minimum atomic E-state index is -1.44. The first kappa shape index (κ1) is 16.8. The molecule has 0 spiro atoms. The van der Waals surface area contributed by atoms with Gasteiger partial charge < -0.3 is 10.3 Å². The van der Waals surface area contributed by atoms with Crippen LogP contribution in [0.1, 0.15) is 11.1 Å². The number of nitrogens with zero attached hydrogens (tertiary/aromatic N) is 3. The first-order chi connectivity index (χ1) is 12.0. The van der Waals surface area contributed by atoms with E-state index >= 15 is 0 Å². The van der Waals surface area contributed by atoms with Gasteiger partial charge in [-0.05, 0) is 30.3 Å².